The third-order valence-electron chi connectivity index (χ3n) is 6.34. The van der Waals surface area contributed by atoms with Crippen molar-refractivity contribution in [3.05, 3.63) is 47.3 Å². The lowest BCUT2D eigenvalue weighted by atomic mass is 9.79. The van der Waals surface area contributed by atoms with Crippen LogP contribution in [0.5, 0.6) is 0 Å². The van der Waals surface area contributed by atoms with Crippen molar-refractivity contribution in [2.24, 2.45) is 11.8 Å². The van der Waals surface area contributed by atoms with Crippen molar-refractivity contribution in [1.82, 2.24) is 0 Å². The van der Waals surface area contributed by atoms with Crippen LogP contribution in [0.3, 0.4) is 0 Å². The maximum absolute atomic E-state index is 12.6. The highest BCUT2D eigenvalue weighted by molar-refractivity contribution is 6.20. The topological polar surface area (TPSA) is 89.9 Å². The minimum atomic E-state index is -0.564. The lowest BCUT2D eigenvalue weighted by molar-refractivity contribution is -0.158. The minimum absolute atomic E-state index is 0.0713. The third kappa shape index (κ3) is 3.93. The molecule has 3 fully saturated rings. The molecular weight excluding hydrogens is 372 g/mol. The fraction of sp³-hybridized carbons (Fsp3) is 0.522. The number of fused-ring (bicyclic) bond motifs is 2. The summed E-state index contributed by atoms with van der Waals surface area (Å²) in [5.74, 6) is -1.46. The SMILES string of the molecule is O=C1OC2CCCCC2C(O)=C1C=CC=C/C=C1\C(=O)OC2CCCCC2C1=O. The van der Waals surface area contributed by atoms with Crippen LogP contribution < -0.4 is 0 Å². The van der Waals surface area contributed by atoms with Crippen LogP contribution in [-0.4, -0.2) is 35.0 Å². The summed E-state index contributed by atoms with van der Waals surface area (Å²) in [4.78, 5) is 36.9. The van der Waals surface area contributed by atoms with Gasteiger partial charge in [-0.05, 0) is 50.7 Å². The van der Waals surface area contributed by atoms with Crippen molar-refractivity contribution in [3.8, 4) is 0 Å². The number of ether oxygens (including phenoxy) is 2. The van der Waals surface area contributed by atoms with Crippen LogP contribution in [0.1, 0.15) is 51.4 Å². The van der Waals surface area contributed by atoms with Crippen molar-refractivity contribution in [3.63, 3.8) is 0 Å². The van der Waals surface area contributed by atoms with Gasteiger partial charge in [-0.3, -0.25) is 4.79 Å². The Bertz CT molecular complexity index is 830. The molecule has 0 bridgehead atoms. The highest BCUT2D eigenvalue weighted by Crippen LogP contribution is 2.37. The molecule has 0 spiro atoms. The Balaban J connectivity index is 1.44. The summed E-state index contributed by atoms with van der Waals surface area (Å²) in [6.45, 7) is 0. The Morgan fingerprint density at radius 1 is 0.759 bits per heavy atom. The van der Waals surface area contributed by atoms with E-state index in [4.69, 9.17) is 9.47 Å². The summed E-state index contributed by atoms with van der Waals surface area (Å²) < 4.78 is 10.9. The quantitative estimate of drug-likeness (QED) is 0.338. The van der Waals surface area contributed by atoms with Crippen LogP contribution in [0.15, 0.2) is 47.3 Å². The van der Waals surface area contributed by atoms with Gasteiger partial charge in [0, 0.05) is 0 Å². The molecule has 2 heterocycles. The minimum Gasteiger partial charge on any atom is -0.511 e. The summed E-state index contributed by atoms with van der Waals surface area (Å²) in [6, 6.07) is 0. The summed E-state index contributed by atoms with van der Waals surface area (Å²) in [5.41, 5.74) is 0.241. The van der Waals surface area contributed by atoms with Gasteiger partial charge in [0.15, 0.2) is 5.78 Å². The van der Waals surface area contributed by atoms with Crippen LogP contribution in [0.2, 0.25) is 0 Å². The molecule has 0 aromatic heterocycles. The largest absolute Gasteiger partial charge is 0.511 e. The molecule has 2 aliphatic carbocycles. The van der Waals surface area contributed by atoms with E-state index in [-0.39, 0.29) is 46.7 Å². The average Bonchev–Trinajstić information content (AvgIpc) is 2.72. The predicted molar refractivity (Wildman–Crippen MR) is 105 cm³/mol. The molecule has 6 heteroatoms. The van der Waals surface area contributed by atoms with Crippen molar-refractivity contribution >= 4 is 17.7 Å². The molecule has 1 N–H and O–H groups in total. The summed E-state index contributed by atoms with van der Waals surface area (Å²) in [5, 5.41) is 10.5. The monoisotopic (exact) mass is 398 g/mol. The molecule has 2 aliphatic heterocycles. The number of Topliss-reactive ketones (excluding diaryl/α,β-unsaturated/α-hetero) is 1. The van der Waals surface area contributed by atoms with Gasteiger partial charge in [-0.1, -0.05) is 31.1 Å². The third-order valence-corrected chi connectivity index (χ3v) is 6.34. The fourth-order valence-corrected chi connectivity index (χ4v) is 4.77. The van der Waals surface area contributed by atoms with E-state index in [9.17, 15) is 19.5 Å². The lowest BCUT2D eigenvalue weighted by Crippen LogP contribution is -2.42. The first-order valence-electron chi connectivity index (χ1n) is 10.5. The van der Waals surface area contributed by atoms with E-state index in [0.29, 0.717) is 0 Å². The molecule has 2 saturated carbocycles. The molecule has 154 valence electrons. The Hall–Kier alpha value is -2.63. The first-order chi connectivity index (χ1) is 14.1. The van der Waals surface area contributed by atoms with Crippen molar-refractivity contribution < 1.29 is 29.0 Å². The normalized spacial score (nSPS) is 34.3. The van der Waals surface area contributed by atoms with Gasteiger partial charge in [0.2, 0.25) is 0 Å². The Labute approximate surface area is 169 Å². The number of carbonyl (C=O) groups excluding carboxylic acids is 3. The molecule has 0 aromatic carbocycles. The smallest absolute Gasteiger partial charge is 0.342 e. The van der Waals surface area contributed by atoms with Gasteiger partial charge in [-0.15, -0.1) is 0 Å². The van der Waals surface area contributed by atoms with Gasteiger partial charge in [0.05, 0.1) is 17.4 Å². The number of allylic oxidation sites excluding steroid dienone is 4. The van der Waals surface area contributed by atoms with E-state index < -0.39 is 11.9 Å². The van der Waals surface area contributed by atoms with E-state index in [1.54, 1.807) is 18.2 Å². The Morgan fingerprint density at radius 3 is 2.14 bits per heavy atom. The number of ketones is 1. The molecular formula is C23H26O6. The van der Waals surface area contributed by atoms with E-state index in [1.807, 2.05) is 0 Å². The van der Waals surface area contributed by atoms with Crippen molar-refractivity contribution in [1.29, 1.82) is 0 Å². The summed E-state index contributed by atoms with van der Waals surface area (Å²) in [7, 11) is 0. The van der Waals surface area contributed by atoms with Crippen LogP contribution in [-0.2, 0) is 23.9 Å². The molecule has 4 rings (SSSR count). The number of rotatable bonds is 3. The van der Waals surface area contributed by atoms with E-state index in [2.05, 4.69) is 0 Å². The molecule has 0 radical (unpaired) electrons. The molecule has 0 aromatic rings. The molecule has 1 saturated heterocycles. The molecule has 0 amide bonds. The summed E-state index contributed by atoms with van der Waals surface area (Å²) in [6.07, 6.45) is 14.4. The molecule has 4 unspecified atom stereocenters. The maximum atomic E-state index is 12.6. The van der Waals surface area contributed by atoms with Gasteiger partial charge in [-0.25, -0.2) is 9.59 Å². The molecule has 6 nitrogen and oxygen atoms in total. The molecule has 29 heavy (non-hydrogen) atoms. The molecule has 4 aliphatic rings. The average molecular weight is 398 g/mol. The number of hydrogen-bond donors (Lipinski definition) is 1. The predicted octanol–water partition coefficient (Wildman–Crippen LogP) is 3.64. The van der Waals surface area contributed by atoms with Crippen LogP contribution >= 0.6 is 0 Å². The Morgan fingerprint density at radius 2 is 1.38 bits per heavy atom. The van der Waals surface area contributed by atoms with Crippen LogP contribution in [0.25, 0.3) is 0 Å². The molecule has 4 atom stereocenters. The zero-order valence-electron chi connectivity index (χ0n) is 16.3. The number of carbonyl (C=O) groups is 3. The van der Waals surface area contributed by atoms with Gasteiger partial charge in [-0.2, -0.15) is 0 Å². The number of aliphatic hydroxyl groups excluding tert-OH is 1. The summed E-state index contributed by atoms with van der Waals surface area (Å²) >= 11 is 0. The van der Waals surface area contributed by atoms with Gasteiger partial charge in [0.25, 0.3) is 0 Å². The van der Waals surface area contributed by atoms with Gasteiger partial charge in [0.1, 0.15) is 23.5 Å². The zero-order valence-corrected chi connectivity index (χ0v) is 16.3. The van der Waals surface area contributed by atoms with Crippen molar-refractivity contribution in [2.45, 2.75) is 63.6 Å². The standard InChI is InChI=1S/C23H26O6/c24-20-14-8-4-6-12-18(14)28-22(26)16(20)10-2-1-3-11-17-21(25)15-9-5-7-13-19(15)29-23(17)27/h1-3,10-11,14-15,18-19,24H,4-9,12-13H2/b3-1?,10-2?,17-11-. The second kappa shape index (κ2) is 8.39. The highest BCUT2D eigenvalue weighted by Gasteiger charge is 2.42. The second-order valence-electron chi connectivity index (χ2n) is 8.16. The zero-order chi connectivity index (χ0) is 20.4. The first-order valence-corrected chi connectivity index (χ1v) is 10.5. The van der Waals surface area contributed by atoms with Gasteiger partial charge < -0.3 is 14.6 Å². The van der Waals surface area contributed by atoms with E-state index in [0.717, 1.165) is 51.4 Å². The number of aliphatic hydroxyl groups is 1. The van der Waals surface area contributed by atoms with Crippen LogP contribution in [0, 0.1) is 11.8 Å². The van der Waals surface area contributed by atoms with Crippen molar-refractivity contribution in [2.75, 3.05) is 0 Å². The second-order valence-corrected chi connectivity index (χ2v) is 8.16. The highest BCUT2D eigenvalue weighted by atomic mass is 16.6. The number of esters is 2. The Kier molecular flexibility index (Phi) is 5.69. The van der Waals surface area contributed by atoms with Gasteiger partial charge >= 0.3 is 11.9 Å². The van der Waals surface area contributed by atoms with Crippen LogP contribution in [0.4, 0.5) is 0 Å². The maximum Gasteiger partial charge on any atom is 0.342 e. The fourth-order valence-electron chi connectivity index (χ4n) is 4.77. The lowest BCUT2D eigenvalue weighted by Gasteiger charge is -2.34. The van der Waals surface area contributed by atoms with E-state index >= 15 is 0 Å². The number of hydrogen-bond acceptors (Lipinski definition) is 6. The first kappa shape index (κ1) is 19.7. The van der Waals surface area contributed by atoms with E-state index in [1.165, 1.54) is 12.2 Å².